The van der Waals surface area contributed by atoms with Gasteiger partial charge in [-0.25, -0.2) is 4.98 Å². The zero-order chi connectivity index (χ0) is 15.4. The summed E-state index contributed by atoms with van der Waals surface area (Å²) in [6.07, 6.45) is 0. The van der Waals surface area contributed by atoms with Crippen molar-refractivity contribution in [3.8, 4) is 0 Å². The van der Waals surface area contributed by atoms with Crippen LogP contribution in [0.3, 0.4) is 0 Å². The maximum absolute atomic E-state index is 12.8. The van der Waals surface area contributed by atoms with Gasteiger partial charge in [0.15, 0.2) is 5.16 Å². The van der Waals surface area contributed by atoms with Gasteiger partial charge >= 0.3 is 0 Å². The second-order valence-electron chi connectivity index (χ2n) is 5.47. The fourth-order valence-electron chi connectivity index (χ4n) is 3.01. The molecule has 3 heterocycles. The van der Waals surface area contributed by atoms with Gasteiger partial charge in [0.05, 0.1) is 5.52 Å². The van der Waals surface area contributed by atoms with E-state index >= 15 is 0 Å². The summed E-state index contributed by atoms with van der Waals surface area (Å²) in [5.41, 5.74) is 8.29. The van der Waals surface area contributed by atoms with E-state index in [9.17, 15) is 9.59 Å². The monoisotopic (exact) mass is 314 g/mol. The molecule has 0 saturated carbocycles. The van der Waals surface area contributed by atoms with Crippen LogP contribution in [0.5, 0.6) is 0 Å². The number of hydrogen-bond acceptors (Lipinski definition) is 4. The summed E-state index contributed by atoms with van der Waals surface area (Å²) < 4.78 is 3.37. The zero-order valence-corrected chi connectivity index (χ0v) is 12.8. The Morgan fingerprint density at radius 3 is 3.05 bits per heavy atom. The number of fused-ring (bicyclic) bond motifs is 4. The van der Waals surface area contributed by atoms with Crippen molar-refractivity contribution in [1.29, 1.82) is 0 Å². The molecule has 1 aliphatic rings. The molecule has 1 amide bonds. The van der Waals surface area contributed by atoms with Crippen LogP contribution < -0.4 is 11.3 Å². The highest BCUT2D eigenvalue weighted by atomic mass is 32.2. The number of carbonyl (C=O) groups excluding carboxylic acids is 1. The minimum atomic E-state index is -0.473. The third-order valence-corrected chi connectivity index (χ3v) is 4.89. The Bertz CT molecular complexity index is 1000. The number of primary amides is 1. The lowest BCUT2D eigenvalue weighted by atomic mass is 10.1. The number of thioether (sulfide) groups is 1. The Kier molecular flexibility index (Phi) is 2.80. The van der Waals surface area contributed by atoms with Gasteiger partial charge < -0.3 is 10.3 Å². The number of nitrogens with zero attached hydrogens (tertiary/aromatic N) is 3. The number of hydrogen-bond donors (Lipinski definition) is 1. The van der Waals surface area contributed by atoms with Crippen molar-refractivity contribution in [3.05, 3.63) is 34.1 Å². The first-order valence-corrected chi connectivity index (χ1v) is 7.99. The van der Waals surface area contributed by atoms with Crippen molar-refractivity contribution < 1.29 is 4.79 Å². The van der Waals surface area contributed by atoms with Crippen LogP contribution >= 0.6 is 11.8 Å². The summed E-state index contributed by atoms with van der Waals surface area (Å²) in [6.45, 7) is 2.62. The molecule has 3 aromatic rings. The lowest BCUT2D eigenvalue weighted by molar-refractivity contribution is -0.118. The molecule has 22 heavy (non-hydrogen) atoms. The molecule has 1 aromatic carbocycles. The van der Waals surface area contributed by atoms with Gasteiger partial charge in [-0.15, -0.1) is 0 Å². The quantitative estimate of drug-likeness (QED) is 0.722. The average Bonchev–Trinajstić information content (AvgIpc) is 3.03. The molecule has 0 fully saturated rings. The third-order valence-electron chi connectivity index (χ3n) is 3.94. The Morgan fingerprint density at radius 1 is 1.45 bits per heavy atom. The van der Waals surface area contributed by atoms with Crippen LogP contribution in [0, 0.1) is 6.92 Å². The lowest BCUT2D eigenvalue weighted by Gasteiger charge is -2.05. The first kappa shape index (κ1) is 13.4. The first-order valence-electron chi connectivity index (χ1n) is 7.01. The van der Waals surface area contributed by atoms with Gasteiger partial charge in [-0.05, 0) is 19.1 Å². The van der Waals surface area contributed by atoms with Crippen molar-refractivity contribution >= 4 is 39.6 Å². The van der Waals surface area contributed by atoms with Crippen molar-refractivity contribution in [2.24, 2.45) is 5.73 Å². The highest BCUT2D eigenvalue weighted by Crippen LogP contribution is 2.30. The van der Waals surface area contributed by atoms with E-state index in [-0.39, 0.29) is 12.1 Å². The molecular weight excluding hydrogens is 300 g/mol. The van der Waals surface area contributed by atoms with Crippen molar-refractivity contribution in [3.63, 3.8) is 0 Å². The topological polar surface area (TPSA) is 82.9 Å². The second kappa shape index (κ2) is 4.61. The summed E-state index contributed by atoms with van der Waals surface area (Å²) in [4.78, 5) is 28.9. The maximum Gasteiger partial charge on any atom is 0.278 e. The molecule has 1 aliphatic heterocycles. The molecule has 0 radical (unpaired) electrons. The zero-order valence-electron chi connectivity index (χ0n) is 12.0. The number of aromatic nitrogens is 3. The van der Waals surface area contributed by atoms with Crippen LogP contribution in [-0.4, -0.2) is 25.8 Å². The third kappa shape index (κ3) is 1.78. The largest absolute Gasteiger partial charge is 0.368 e. The number of carbonyl (C=O) groups is 1. The van der Waals surface area contributed by atoms with Crippen LogP contribution in [-0.2, 0) is 17.9 Å². The normalized spacial score (nSPS) is 13.9. The Morgan fingerprint density at radius 2 is 2.27 bits per heavy atom. The fourth-order valence-corrected chi connectivity index (χ4v) is 3.95. The molecule has 2 aromatic heterocycles. The SMILES string of the molecule is Cc1ccc2c(c1)c1nc3n(c(=O)c1n2CC(N)=O)CCS3. The Hall–Kier alpha value is -2.28. The van der Waals surface area contributed by atoms with Crippen molar-refractivity contribution in [2.75, 3.05) is 5.75 Å². The number of aryl methyl sites for hydroxylation is 1. The highest BCUT2D eigenvalue weighted by molar-refractivity contribution is 7.99. The van der Waals surface area contributed by atoms with Gasteiger partial charge in [-0.3, -0.25) is 14.2 Å². The molecule has 112 valence electrons. The first-order chi connectivity index (χ1) is 10.6. The molecule has 6 nitrogen and oxygen atoms in total. The van der Waals surface area contributed by atoms with Crippen molar-refractivity contribution in [1.82, 2.24) is 14.1 Å². The van der Waals surface area contributed by atoms with E-state index in [1.807, 2.05) is 25.1 Å². The molecule has 4 rings (SSSR count). The standard InChI is InChI=1S/C15H14N4O2S/c1-8-2-3-10-9(6-8)12-13(19(10)7-11(16)20)14(21)18-4-5-22-15(18)17-12/h2-3,6H,4-5,7H2,1H3,(H2,16,20). The predicted molar refractivity (Wildman–Crippen MR) is 86.2 cm³/mol. The molecular formula is C15H14N4O2S. The second-order valence-corrected chi connectivity index (χ2v) is 6.53. The van der Waals surface area contributed by atoms with E-state index in [0.29, 0.717) is 17.6 Å². The number of benzene rings is 1. The molecule has 0 unspecified atom stereocenters. The van der Waals surface area contributed by atoms with E-state index in [0.717, 1.165) is 27.4 Å². The van der Waals surface area contributed by atoms with Gasteiger partial charge in [0.1, 0.15) is 17.6 Å². The van der Waals surface area contributed by atoms with Crippen LogP contribution in [0.4, 0.5) is 0 Å². The lowest BCUT2D eigenvalue weighted by Crippen LogP contribution is -2.25. The van der Waals surface area contributed by atoms with Gasteiger partial charge in [0, 0.05) is 17.7 Å². The van der Waals surface area contributed by atoms with E-state index in [4.69, 9.17) is 5.73 Å². The highest BCUT2D eigenvalue weighted by Gasteiger charge is 2.22. The maximum atomic E-state index is 12.8. The molecule has 0 saturated heterocycles. The fraction of sp³-hybridized carbons (Fsp3) is 0.267. The molecule has 2 N–H and O–H groups in total. The smallest absolute Gasteiger partial charge is 0.278 e. The number of nitrogens with two attached hydrogens (primary N) is 1. The van der Waals surface area contributed by atoms with Crippen LogP contribution in [0.25, 0.3) is 21.9 Å². The molecule has 0 atom stereocenters. The Labute approximate surface area is 129 Å². The van der Waals surface area contributed by atoms with Gasteiger partial charge in [-0.2, -0.15) is 0 Å². The van der Waals surface area contributed by atoms with Gasteiger partial charge in [-0.1, -0.05) is 23.4 Å². The number of amides is 1. The van der Waals surface area contributed by atoms with Crippen LogP contribution in [0.2, 0.25) is 0 Å². The van der Waals surface area contributed by atoms with Crippen molar-refractivity contribution in [2.45, 2.75) is 25.2 Å². The number of rotatable bonds is 2. The van der Waals surface area contributed by atoms with Gasteiger partial charge in [0.2, 0.25) is 5.91 Å². The van der Waals surface area contributed by atoms with Gasteiger partial charge in [0.25, 0.3) is 5.56 Å². The van der Waals surface area contributed by atoms with Crippen LogP contribution in [0.1, 0.15) is 5.56 Å². The average molecular weight is 314 g/mol. The summed E-state index contributed by atoms with van der Waals surface area (Å²) in [5.74, 6) is 0.375. The Balaban J connectivity index is 2.22. The summed E-state index contributed by atoms with van der Waals surface area (Å²) >= 11 is 1.58. The summed E-state index contributed by atoms with van der Waals surface area (Å²) in [5, 5.41) is 1.64. The summed E-state index contributed by atoms with van der Waals surface area (Å²) in [6, 6.07) is 5.87. The van der Waals surface area contributed by atoms with E-state index in [1.54, 1.807) is 20.9 Å². The van der Waals surface area contributed by atoms with E-state index in [2.05, 4.69) is 4.98 Å². The van der Waals surface area contributed by atoms with E-state index in [1.165, 1.54) is 0 Å². The minimum absolute atomic E-state index is 0.0214. The van der Waals surface area contributed by atoms with Crippen LogP contribution in [0.15, 0.2) is 28.2 Å². The predicted octanol–water partition coefficient (Wildman–Crippen LogP) is 1.25. The molecule has 0 aliphatic carbocycles. The molecule has 0 spiro atoms. The summed E-state index contributed by atoms with van der Waals surface area (Å²) in [7, 11) is 0. The minimum Gasteiger partial charge on any atom is -0.368 e. The molecule has 7 heteroatoms. The van der Waals surface area contributed by atoms with E-state index < -0.39 is 5.91 Å². The molecule has 0 bridgehead atoms.